The van der Waals surface area contributed by atoms with E-state index in [1.165, 1.54) is 4.90 Å². The zero-order chi connectivity index (χ0) is 15.2. The summed E-state index contributed by atoms with van der Waals surface area (Å²) in [5.74, 6) is -0.222. The Morgan fingerprint density at radius 1 is 1.48 bits per heavy atom. The van der Waals surface area contributed by atoms with Crippen LogP contribution in [-0.2, 0) is 10.4 Å². The molecule has 6 nitrogen and oxygen atoms in total. The largest absolute Gasteiger partial charge is 0.373 e. The van der Waals surface area contributed by atoms with Crippen LogP contribution in [0, 0.1) is 0 Å². The van der Waals surface area contributed by atoms with Gasteiger partial charge in [-0.3, -0.25) is 4.79 Å². The molecule has 0 radical (unpaired) electrons. The number of aliphatic hydroxyl groups is 1. The van der Waals surface area contributed by atoms with Crippen LogP contribution in [0.1, 0.15) is 19.1 Å². The summed E-state index contributed by atoms with van der Waals surface area (Å²) in [6.45, 7) is 1.88. The lowest BCUT2D eigenvalue weighted by Crippen LogP contribution is -2.36. The first-order valence-corrected chi connectivity index (χ1v) is 7.31. The van der Waals surface area contributed by atoms with Crippen LogP contribution in [0.5, 0.6) is 0 Å². The van der Waals surface area contributed by atoms with E-state index in [9.17, 15) is 9.90 Å². The van der Waals surface area contributed by atoms with Crippen molar-refractivity contribution in [3.8, 4) is 11.4 Å². The Bertz CT molecular complexity index is 702. The van der Waals surface area contributed by atoms with E-state index in [1.54, 1.807) is 25.2 Å². The van der Waals surface area contributed by atoms with Gasteiger partial charge in [-0.05, 0) is 35.0 Å². The number of hydrogen-bond donors (Lipinski definition) is 1. The Balaban J connectivity index is 1.97. The second-order valence-electron chi connectivity index (χ2n) is 5.25. The van der Waals surface area contributed by atoms with Crippen LogP contribution in [0.15, 0.2) is 33.4 Å². The molecule has 0 bridgehead atoms. The van der Waals surface area contributed by atoms with E-state index in [0.29, 0.717) is 16.0 Å². The molecular weight excluding hydrogens is 338 g/mol. The van der Waals surface area contributed by atoms with Crippen molar-refractivity contribution in [3.63, 3.8) is 0 Å². The minimum atomic E-state index is -1.65. The van der Waals surface area contributed by atoms with Crippen molar-refractivity contribution in [2.75, 3.05) is 7.05 Å². The Morgan fingerprint density at radius 2 is 2.24 bits per heavy atom. The van der Waals surface area contributed by atoms with Gasteiger partial charge in [0.15, 0.2) is 5.76 Å². The van der Waals surface area contributed by atoms with Crippen molar-refractivity contribution in [1.82, 2.24) is 15.0 Å². The molecule has 1 N–H and O–H groups in total. The number of amides is 1. The number of carbonyl (C=O) groups excluding carboxylic acids is 1. The number of halogens is 1. The number of likely N-dealkylation sites (N-methyl/N-ethyl adjacent to an activating group) is 1. The van der Waals surface area contributed by atoms with Crippen molar-refractivity contribution in [3.05, 3.63) is 34.6 Å². The molecule has 1 saturated heterocycles. The molecule has 0 unspecified atom stereocenters. The summed E-state index contributed by atoms with van der Waals surface area (Å²) in [6.07, 6.45) is 0.281. The van der Waals surface area contributed by atoms with Crippen LogP contribution < -0.4 is 0 Å². The monoisotopic (exact) mass is 351 g/mol. The van der Waals surface area contributed by atoms with E-state index in [2.05, 4.69) is 26.1 Å². The molecule has 1 amide bonds. The highest BCUT2D eigenvalue weighted by Gasteiger charge is 2.51. The summed E-state index contributed by atoms with van der Waals surface area (Å²) < 4.78 is 5.88. The zero-order valence-electron chi connectivity index (χ0n) is 11.6. The number of rotatable bonds is 2. The highest BCUT2D eigenvalue weighted by atomic mass is 79.9. The van der Waals surface area contributed by atoms with Crippen molar-refractivity contribution in [1.29, 1.82) is 0 Å². The predicted molar refractivity (Wildman–Crippen MR) is 78.2 cm³/mol. The molecule has 2 aromatic rings. The summed E-state index contributed by atoms with van der Waals surface area (Å²) >= 11 is 3.29. The molecule has 21 heavy (non-hydrogen) atoms. The molecule has 1 aliphatic rings. The molecule has 2 atom stereocenters. The normalized spacial score (nSPS) is 25.6. The molecule has 3 rings (SSSR count). The first-order valence-electron chi connectivity index (χ1n) is 6.51. The number of likely N-dealkylation sites (tertiary alicyclic amines) is 1. The van der Waals surface area contributed by atoms with Crippen molar-refractivity contribution < 1.29 is 14.4 Å². The number of hydrogen-bond acceptors (Lipinski definition) is 5. The molecule has 0 spiro atoms. The third-order valence-electron chi connectivity index (χ3n) is 3.82. The number of carbonyl (C=O) groups is 1. The van der Waals surface area contributed by atoms with E-state index in [0.717, 1.165) is 0 Å². The number of pyridine rings is 1. The fourth-order valence-electron chi connectivity index (χ4n) is 2.49. The van der Waals surface area contributed by atoms with E-state index in [-0.39, 0.29) is 24.1 Å². The minimum absolute atomic E-state index is 0.0555. The first-order chi connectivity index (χ1) is 9.91. The molecule has 0 saturated carbocycles. The van der Waals surface area contributed by atoms with Crippen LogP contribution in [0.25, 0.3) is 11.4 Å². The topological polar surface area (TPSA) is 79.5 Å². The lowest BCUT2D eigenvalue weighted by molar-refractivity contribution is -0.145. The van der Waals surface area contributed by atoms with Crippen molar-refractivity contribution >= 4 is 21.8 Å². The number of aromatic nitrogens is 2. The van der Waals surface area contributed by atoms with Crippen LogP contribution in [0.4, 0.5) is 0 Å². The van der Waals surface area contributed by atoms with Gasteiger partial charge in [0, 0.05) is 25.6 Å². The van der Waals surface area contributed by atoms with Gasteiger partial charge in [-0.1, -0.05) is 11.2 Å². The van der Waals surface area contributed by atoms with Gasteiger partial charge in [-0.15, -0.1) is 0 Å². The van der Waals surface area contributed by atoms with Crippen LogP contribution in [-0.4, -0.2) is 39.1 Å². The SMILES string of the molecule is C[C@@H]1C[C@@](O)(c2cc(-c3cccc(Br)n3)no2)C(=O)N1C. The minimum Gasteiger partial charge on any atom is -0.373 e. The van der Waals surface area contributed by atoms with Gasteiger partial charge in [-0.2, -0.15) is 0 Å². The average Bonchev–Trinajstić information content (AvgIpc) is 3.01. The summed E-state index contributed by atoms with van der Waals surface area (Å²) in [4.78, 5) is 18.0. The predicted octanol–water partition coefficient (Wildman–Crippen LogP) is 1.94. The van der Waals surface area contributed by atoms with Gasteiger partial charge < -0.3 is 14.5 Å². The van der Waals surface area contributed by atoms with E-state index in [1.807, 2.05) is 13.0 Å². The maximum atomic E-state index is 12.2. The Kier molecular flexibility index (Phi) is 3.33. The van der Waals surface area contributed by atoms with Gasteiger partial charge >= 0.3 is 0 Å². The van der Waals surface area contributed by atoms with E-state index < -0.39 is 5.60 Å². The van der Waals surface area contributed by atoms with Crippen molar-refractivity contribution in [2.24, 2.45) is 0 Å². The fraction of sp³-hybridized carbons (Fsp3) is 0.357. The Morgan fingerprint density at radius 3 is 2.86 bits per heavy atom. The molecule has 2 aromatic heterocycles. The standard InChI is InChI=1S/C14H14BrN3O3/c1-8-7-14(20,13(19)18(8)2)11-6-10(17-21-11)9-4-3-5-12(15)16-9/h3-6,8,20H,7H2,1-2H3/t8-,14-/m1/s1. The molecule has 1 aliphatic heterocycles. The Labute approximate surface area is 129 Å². The average molecular weight is 352 g/mol. The van der Waals surface area contributed by atoms with Crippen LogP contribution >= 0.6 is 15.9 Å². The summed E-state index contributed by atoms with van der Waals surface area (Å²) in [7, 11) is 1.66. The molecule has 110 valence electrons. The van der Waals surface area contributed by atoms with Gasteiger partial charge in [0.25, 0.3) is 5.91 Å². The lowest BCUT2D eigenvalue weighted by Gasteiger charge is -2.16. The maximum absolute atomic E-state index is 12.2. The maximum Gasteiger partial charge on any atom is 0.262 e. The lowest BCUT2D eigenvalue weighted by atomic mass is 9.96. The Hall–Kier alpha value is -1.73. The van der Waals surface area contributed by atoms with Gasteiger partial charge in [-0.25, -0.2) is 4.98 Å². The van der Waals surface area contributed by atoms with Crippen LogP contribution in [0.2, 0.25) is 0 Å². The second kappa shape index (κ2) is 4.92. The molecule has 0 aromatic carbocycles. The summed E-state index contributed by atoms with van der Waals surface area (Å²) in [6, 6.07) is 6.92. The third kappa shape index (κ3) is 2.26. The number of nitrogens with zero attached hydrogens (tertiary/aromatic N) is 3. The molecule has 1 fully saturated rings. The van der Waals surface area contributed by atoms with E-state index in [4.69, 9.17) is 4.52 Å². The smallest absolute Gasteiger partial charge is 0.262 e. The molecule has 0 aliphatic carbocycles. The van der Waals surface area contributed by atoms with Crippen molar-refractivity contribution in [2.45, 2.75) is 25.0 Å². The van der Waals surface area contributed by atoms with Gasteiger partial charge in [0.05, 0.1) is 5.69 Å². The summed E-state index contributed by atoms with van der Waals surface area (Å²) in [5, 5.41) is 14.5. The third-order valence-corrected chi connectivity index (χ3v) is 4.26. The second-order valence-corrected chi connectivity index (χ2v) is 6.06. The molecule has 7 heteroatoms. The van der Waals surface area contributed by atoms with Crippen LogP contribution in [0.3, 0.4) is 0 Å². The molecular formula is C14H14BrN3O3. The zero-order valence-corrected chi connectivity index (χ0v) is 13.2. The highest BCUT2D eigenvalue weighted by molar-refractivity contribution is 9.10. The first kappa shape index (κ1) is 14.2. The molecule has 3 heterocycles. The quantitative estimate of drug-likeness (QED) is 0.836. The van der Waals surface area contributed by atoms with E-state index >= 15 is 0 Å². The fourth-order valence-corrected chi connectivity index (χ4v) is 2.84. The van der Waals surface area contributed by atoms with Gasteiger partial charge in [0.2, 0.25) is 5.60 Å². The van der Waals surface area contributed by atoms with Gasteiger partial charge in [0.1, 0.15) is 10.3 Å². The highest BCUT2D eigenvalue weighted by Crippen LogP contribution is 2.37. The summed E-state index contributed by atoms with van der Waals surface area (Å²) in [5.41, 5.74) is -0.560.